The molecule has 1 unspecified atom stereocenters. The zero-order valence-electron chi connectivity index (χ0n) is 17.2. The molecular weight excluding hydrogens is 366 g/mol. The lowest BCUT2D eigenvalue weighted by Gasteiger charge is -2.21. The number of anilines is 1. The van der Waals surface area contributed by atoms with Crippen LogP contribution in [-0.2, 0) is 0 Å². The number of rotatable bonds is 8. The van der Waals surface area contributed by atoms with Gasteiger partial charge in [-0.3, -0.25) is 0 Å². The van der Waals surface area contributed by atoms with Gasteiger partial charge < -0.3 is 19.6 Å². The molecule has 5 heteroatoms. The Morgan fingerprint density at radius 2 is 1.86 bits per heavy atom. The fraction of sp³-hybridized carbons (Fsp3) is 0.292. The molecule has 5 nitrogen and oxygen atoms in total. The number of hydrogen-bond donors (Lipinski definition) is 2. The molecule has 0 aliphatic carbocycles. The number of ether oxygens (including phenoxy) is 1. The molecule has 0 bridgehead atoms. The molecule has 1 aromatic heterocycles. The van der Waals surface area contributed by atoms with Gasteiger partial charge in [0, 0.05) is 16.8 Å². The van der Waals surface area contributed by atoms with E-state index in [1.807, 2.05) is 31.2 Å². The van der Waals surface area contributed by atoms with Crippen LogP contribution < -0.4 is 10.1 Å². The highest BCUT2D eigenvalue weighted by Crippen LogP contribution is 2.34. The van der Waals surface area contributed by atoms with Crippen LogP contribution in [0.5, 0.6) is 5.75 Å². The van der Waals surface area contributed by atoms with E-state index in [4.69, 9.17) is 14.3 Å². The zero-order valence-corrected chi connectivity index (χ0v) is 17.2. The van der Waals surface area contributed by atoms with E-state index >= 15 is 0 Å². The molecule has 0 spiro atoms. The number of carbonyl (C=O) groups is 1. The van der Waals surface area contributed by atoms with Crippen molar-refractivity contribution in [2.45, 2.75) is 33.2 Å². The molecule has 1 heterocycles. The summed E-state index contributed by atoms with van der Waals surface area (Å²) in [5.74, 6) is 1.99. The largest absolute Gasteiger partial charge is 0.497 e. The van der Waals surface area contributed by atoms with Crippen LogP contribution in [0.4, 0.5) is 5.69 Å². The maximum absolute atomic E-state index is 11.1. The summed E-state index contributed by atoms with van der Waals surface area (Å²) in [4.78, 5) is 11.1. The van der Waals surface area contributed by atoms with Crippen molar-refractivity contribution < 1.29 is 19.1 Å². The van der Waals surface area contributed by atoms with Crippen LogP contribution in [0, 0.1) is 12.8 Å². The topological polar surface area (TPSA) is 71.7 Å². The number of furan rings is 1. The van der Waals surface area contributed by atoms with Gasteiger partial charge in [-0.1, -0.05) is 26.0 Å². The minimum absolute atomic E-state index is 0.0498. The highest BCUT2D eigenvalue weighted by Gasteiger charge is 2.20. The Balaban J connectivity index is 1.90. The highest BCUT2D eigenvalue weighted by molar-refractivity contribution is 5.88. The van der Waals surface area contributed by atoms with Crippen LogP contribution in [0.2, 0.25) is 0 Å². The third-order valence-corrected chi connectivity index (χ3v) is 4.87. The van der Waals surface area contributed by atoms with Gasteiger partial charge in [0.05, 0.1) is 18.7 Å². The molecule has 0 saturated heterocycles. The van der Waals surface area contributed by atoms with Gasteiger partial charge in [0.15, 0.2) is 0 Å². The first-order chi connectivity index (χ1) is 13.9. The molecule has 0 amide bonds. The van der Waals surface area contributed by atoms with Crippen molar-refractivity contribution in [3.8, 4) is 17.1 Å². The number of benzene rings is 2. The third kappa shape index (κ3) is 4.99. The summed E-state index contributed by atoms with van der Waals surface area (Å²) >= 11 is 0. The summed E-state index contributed by atoms with van der Waals surface area (Å²) in [6.45, 7) is 6.34. The Labute approximate surface area is 171 Å². The average molecular weight is 393 g/mol. The van der Waals surface area contributed by atoms with Gasteiger partial charge in [0.1, 0.15) is 17.3 Å². The van der Waals surface area contributed by atoms with Crippen molar-refractivity contribution in [1.29, 1.82) is 0 Å². The monoisotopic (exact) mass is 393 g/mol. The molecule has 152 valence electrons. The van der Waals surface area contributed by atoms with Crippen LogP contribution in [-0.4, -0.2) is 18.2 Å². The van der Waals surface area contributed by atoms with Crippen molar-refractivity contribution in [3.63, 3.8) is 0 Å². The summed E-state index contributed by atoms with van der Waals surface area (Å²) in [5, 5.41) is 12.6. The summed E-state index contributed by atoms with van der Waals surface area (Å²) < 4.78 is 11.4. The smallest absolute Gasteiger partial charge is 0.335 e. The summed E-state index contributed by atoms with van der Waals surface area (Å²) in [5.41, 5.74) is 3.21. The Bertz CT molecular complexity index is 973. The number of carboxylic acid groups (broad SMARTS) is 1. The molecule has 3 aromatic rings. The molecular formula is C24H27NO4. The van der Waals surface area contributed by atoms with E-state index in [2.05, 4.69) is 25.2 Å². The molecule has 2 aromatic carbocycles. The van der Waals surface area contributed by atoms with Gasteiger partial charge in [-0.25, -0.2) is 4.79 Å². The first-order valence-corrected chi connectivity index (χ1v) is 9.72. The maximum atomic E-state index is 11.1. The molecule has 0 aliphatic heterocycles. The minimum Gasteiger partial charge on any atom is -0.497 e. The molecule has 2 N–H and O–H groups in total. The van der Waals surface area contributed by atoms with Crippen molar-refractivity contribution in [2.75, 3.05) is 12.4 Å². The van der Waals surface area contributed by atoms with E-state index in [1.165, 1.54) is 0 Å². The number of hydrogen-bond acceptors (Lipinski definition) is 4. The van der Waals surface area contributed by atoms with E-state index in [-0.39, 0.29) is 11.6 Å². The van der Waals surface area contributed by atoms with Crippen LogP contribution in [0.3, 0.4) is 0 Å². The van der Waals surface area contributed by atoms with Crippen molar-refractivity contribution in [1.82, 2.24) is 0 Å². The van der Waals surface area contributed by atoms with Crippen LogP contribution >= 0.6 is 0 Å². The quantitative estimate of drug-likeness (QED) is 0.479. The Morgan fingerprint density at radius 1 is 1.14 bits per heavy atom. The first kappa shape index (κ1) is 20.5. The second-order valence-corrected chi connectivity index (χ2v) is 7.56. The second kappa shape index (κ2) is 8.86. The van der Waals surface area contributed by atoms with E-state index < -0.39 is 5.97 Å². The molecule has 0 radical (unpaired) electrons. The van der Waals surface area contributed by atoms with Crippen molar-refractivity contribution in [2.24, 2.45) is 5.92 Å². The molecule has 0 aliphatic rings. The number of nitrogens with one attached hydrogen (secondary N) is 1. The lowest BCUT2D eigenvalue weighted by atomic mass is 9.96. The minimum atomic E-state index is -0.927. The Morgan fingerprint density at radius 3 is 2.48 bits per heavy atom. The van der Waals surface area contributed by atoms with Crippen LogP contribution in [0.25, 0.3) is 11.3 Å². The van der Waals surface area contributed by atoms with Crippen LogP contribution in [0.1, 0.15) is 48.0 Å². The van der Waals surface area contributed by atoms with E-state index in [9.17, 15) is 4.79 Å². The zero-order chi connectivity index (χ0) is 21.0. The number of carboxylic acids is 1. The molecule has 1 atom stereocenters. The maximum Gasteiger partial charge on any atom is 0.335 e. The Hall–Kier alpha value is -3.21. The van der Waals surface area contributed by atoms with Gasteiger partial charge in [-0.15, -0.1) is 0 Å². The molecule has 29 heavy (non-hydrogen) atoms. The Kier molecular flexibility index (Phi) is 6.27. The molecule has 0 fully saturated rings. The van der Waals surface area contributed by atoms with Gasteiger partial charge in [-0.2, -0.15) is 0 Å². The summed E-state index contributed by atoms with van der Waals surface area (Å²) in [6.07, 6.45) is 0.915. The van der Waals surface area contributed by atoms with E-state index in [0.717, 1.165) is 40.5 Å². The SMILES string of the molecule is COc1cccc(-c2cc(C(CC(C)C)Nc3ccc(C(=O)O)cc3)c(C)o2)c1. The molecule has 0 saturated carbocycles. The average Bonchev–Trinajstić information content (AvgIpc) is 3.09. The molecule has 3 rings (SSSR count). The number of aryl methyl sites for hydroxylation is 1. The number of methoxy groups -OCH3 is 1. The second-order valence-electron chi connectivity index (χ2n) is 7.56. The van der Waals surface area contributed by atoms with E-state index in [0.29, 0.717) is 5.92 Å². The fourth-order valence-electron chi connectivity index (χ4n) is 3.41. The third-order valence-electron chi connectivity index (χ3n) is 4.87. The van der Waals surface area contributed by atoms with E-state index in [1.54, 1.807) is 31.4 Å². The summed E-state index contributed by atoms with van der Waals surface area (Å²) in [6, 6.07) is 16.8. The lowest BCUT2D eigenvalue weighted by Crippen LogP contribution is -2.13. The van der Waals surface area contributed by atoms with Gasteiger partial charge >= 0.3 is 5.97 Å². The predicted octanol–water partition coefficient (Wildman–Crippen LogP) is 6.16. The van der Waals surface area contributed by atoms with Crippen molar-refractivity contribution in [3.05, 3.63) is 71.5 Å². The highest BCUT2D eigenvalue weighted by atomic mass is 16.5. The van der Waals surface area contributed by atoms with Gasteiger partial charge in [0.2, 0.25) is 0 Å². The first-order valence-electron chi connectivity index (χ1n) is 9.72. The predicted molar refractivity (Wildman–Crippen MR) is 115 cm³/mol. The number of aromatic carboxylic acids is 1. The normalized spacial score (nSPS) is 12.0. The van der Waals surface area contributed by atoms with Gasteiger partial charge in [0.25, 0.3) is 0 Å². The van der Waals surface area contributed by atoms with Crippen molar-refractivity contribution >= 4 is 11.7 Å². The fourth-order valence-corrected chi connectivity index (χ4v) is 3.41. The van der Waals surface area contributed by atoms with Gasteiger partial charge in [-0.05, 0) is 61.7 Å². The summed E-state index contributed by atoms with van der Waals surface area (Å²) in [7, 11) is 1.65. The van der Waals surface area contributed by atoms with Crippen LogP contribution in [0.15, 0.2) is 59.0 Å². The standard InChI is InChI=1S/C24H27NO4/c1-15(2)12-22(25-19-10-8-17(9-11-19)24(26)27)21-14-23(29-16(21)3)18-6-5-7-20(13-18)28-4/h5-11,13-15,22,25H,12H2,1-4H3,(H,26,27). The lowest BCUT2D eigenvalue weighted by molar-refractivity contribution is 0.0697.